The molecule has 1 amide bonds. The lowest BCUT2D eigenvalue weighted by atomic mass is 10.2. The second-order valence-corrected chi connectivity index (χ2v) is 3.92. The summed E-state index contributed by atoms with van der Waals surface area (Å²) in [7, 11) is 0. The van der Waals surface area contributed by atoms with E-state index >= 15 is 0 Å². The zero-order valence-corrected chi connectivity index (χ0v) is 10.6. The van der Waals surface area contributed by atoms with E-state index in [2.05, 4.69) is 32.9 Å². The summed E-state index contributed by atoms with van der Waals surface area (Å²) < 4.78 is 5.52. The van der Waals surface area contributed by atoms with Gasteiger partial charge in [-0.3, -0.25) is 10.1 Å². The summed E-state index contributed by atoms with van der Waals surface area (Å²) in [6.07, 6.45) is 2.10. The Bertz CT molecular complexity index is 509. The van der Waals surface area contributed by atoms with Crippen LogP contribution < -0.4 is 10.1 Å². The molecule has 0 aliphatic heterocycles. The number of nitrogens with zero attached hydrogens (tertiary/aromatic N) is 3. The van der Waals surface area contributed by atoms with Gasteiger partial charge in [-0.25, -0.2) is 0 Å². The fourth-order valence-electron chi connectivity index (χ4n) is 1.43. The molecule has 0 saturated heterocycles. The summed E-state index contributed by atoms with van der Waals surface area (Å²) in [5.41, 5.74) is 0.507. The molecule has 0 atom stereocenters. The molecule has 0 radical (unpaired) electrons. The zero-order valence-electron chi connectivity index (χ0n) is 10.6. The number of rotatable bonds is 6. The number of tetrazole rings is 1. The number of hydrogen-bond donors (Lipinski definition) is 2. The van der Waals surface area contributed by atoms with Gasteiger partial charge in [-0.2, -0.15) is 5.21 Å². The van der Waals surface area contributed by atoms with Gasteiger partial charge in [0, 0.05) is 5.56 Å². The summed E-state index contributed by atoms with van der Waals surface area (Å²) >= 11 is 0. The maximum atomic E-state index is 11.8. The highest BCUT2D eigenvalue weighted by atomic mass is 16.5. The molecule has 100 valence electrons. The zero-order chi connectivity index (χ0) is 13.5. The minimum absolute atomic E-state index is 0.147. The van der Waals surface area contributed by atoms with Gasteiger partial charge in [0.05, 0.1) is 6.61 Å². The quantitative estimate of drug-likeness (QED) is 0.771. The van der Waals surface area contributed by atoms with Gasteiger partial charge in [0.1, 0.15) is 5.75 Å². The number of benzene rings is 1. The predicted octanol–water partition coefficient (Wildman–Crippen LogP) is 1.63. The number of amides is 1. The van der Waals surface area contributed by atoms with Crippen LogP contribution in [0.4, 0.5) is 5.95 Å². The van der Waals surface area contributed by atoms with Crippen molar-refractivity contribution in [2.24, 2.45) is 0 Å². The van der Waals surface area contributed by atoms with Crippen molar-refractivity contribution in [3.63, 3.8) is 0 Å². The number of carbonyl (C=O) groups excluding carboxylic acids is 1. The fourth-order valence-corrected chi connectivity index (χ4v) is 1.43. The first kappa shape index (κ1) is 13.0. The van der Waals surface area contributed by atoms with Crippen LogP contribution in [-0.2, 0) is 0 Å². The first-order chi connectivity index (χ1) is 9.29. The van der Waals surface area contributed by atoms with Gasteiger partial charge in [-0.15, -0.1) is 5.10 Å². The first-order valence-corrected chi connectivity index (χ1v) is 6.07. The van der Waals surface area contributed by atoms with Gasteiger partial charge >= 0.3 is 0 Å². The van der Waals surface area contributed by atoms with E-state index in [1.165, 1.54) is 0 Å². The number of unbranched alkanes of at least 4 members (excludes halogenated alkanes) is 1. The van der Waals surface area contributed by atoms with Crippen molar-refractivity contribution in [3.05, 3.63) is 29.8 Å². The fraction of sp³-hybridized carbons (Fsp3) is 0.333. The molecular formula is C12H15N5O2. The number of anilines is 1. The molecular weight excluding hydrogens is 246 g/mol. The van der Waals surface area contributed by atoms with E-state index in [0.29, 0.717) is 12.2 Å². The molecule has 0 fully saturated rings. The molecule has 7 heteroatoms. The Hall–Kier alpha value is -2.44. The Morgan fingerprint density at radius 3 is 2.79 bits per heavy atom. The SMILES string of the molecule is CCCCOc1ccc(C(=O)Nc2nn[nH]n2)cc1. The molecule has 0 saturated carbocycles. The Kier molecular flexibility index (Phi) is 4.44. The van der Waals surface area contributed by atoms with Crippen molar-refractivity contribution < 1.29 is 9.53 Å². The molecule has 2 rings (SSSR count). The van der Waals surface area contributed by atoms with Crippen LogP contribution in [0.15, 0.2) is 24.3 Å². The van der Waals surface area contributed by atoms with Crippen LogP contribution in [0, 0.1) is 0 Å². The number of H-pyrrole nitrogens is 1. The van der Waals surface area contributed by atoms with E-state index < -0.39 is 0 Å². The van der Waals surface area contributed by atoms with Gasteiger partial charge in [0.25, 0.3) is 11.9 Å². The van der Waals surface area contributed by atoms with Crippen LogP contribution in [0.3, 0.4) is 0 Å². The predicted molar refractivity (Wildman–Crippen MR) is 69.0 cm³/mol. The van der Waals surface area contributed by atoms with Gasteiger partial charge in [0.15, 0.2) is 0 Å². The Labute approximate surface area is 110 Å². The number of aromatic amines is 1. The van der Waals surface area contributed by atoms with Crippen LogP contribution in [-0.4, -0.2) is 33.1 Å². The van der Waals surface area contributed by atoms with Gasteiger partial charge in [0.2, 0.25) is 0 Å². The molecule has 19 heavy (non-hydrogen) atoms. The molecule has 0 bridgehead atoms. The number of carbonyl (C=O) groups is 1. The van der Waals surface area contributed by atoms with E-state index in [-0.39, 0.29) is 11.9 Å². The normalized spacial score (nSPS) is 10.2. The lowest BCUT2D eigenvalue weighted by Gasteiger charge is -2.06. The largest absolute Gasteiger partial charge is 0.494 e. The van der Waals surface area contributed by atoms with Crippen molar-refractivity contribution in [1.29, 1.82) is 0 Å². The van der Waals surface area contributed by atoms with Gasteiger partial charge < -0.3 is 4.74 Å². The lowest BCUT2D eigenvalue weighted by Crippen LogP contribution is -2.13. The van der Waals surface area contributed by atoms with Crippen molar-refractivity contribution >= 4 is 11.9 Å². The summed E-state index contributed by atoms with van der Waals surface area (Å²) in [6.45, 7) is 2.79. The van der Waals surface area contributed by atoms with Crippen LogP contribution in [0.1, 0.15) is 30.1 Å². The Morgan fingerprint density at radius 2 is 2.16 bits per heavy atom. The number of ether oxygens (including phenoxy) is 1. The van der Waals surface area contributed by atoms with E-state index in [9.17, 15) is 4.79 Å². The number of nitrogens with one attached hydrogen (secondary N) is 2. The standard InChI is InChI=1S/C12H15N5O2/c1-2-3-8-19-10-6-4-9(5-7-10)11(18)13-12-14-16-17-15-12/h4-7H,2-3,8H2,1H3,(H2,13,14,15,16,17,18). The van der Waals surface area contributed by atoms with E-state index in [4.69, 9.17) is 4.74 Å². The molecule has 2 aromatic rings. The van der Waals surface area contributed by atoms with E-state index in [1.807, 2.05) is 0 Å². The molecule has 0 spiro atoms. The topological polar surface area (TPSA) is 92.8 Å². The van der Waals surface area contributed by atoms with E-state index in [1.54, 1.807) is 24.3 Å². The minimum atomic E-state index is -0.290. The third-order valence-corrected chi connectivity index (χ3v) is 2.45. The average molecular weight is 261 g/mol. The van der Waals surface area contributed by atoms with Gasteiger partial charge in [-0.05, 0) is 35.9 Å². The minimum Gasteiger partial charge on any atom is -0.494 e. The monoisotopic (exact) mass is 261 g/mol. The summed E-state index contributed by atoms with van der Waals surface area (Å²) in [6, 6.07) is 6.91. The smallest absolute Gasteiger partial charge is 0.270 e. The van der Waals surface area contributed by atoms with Gasteiger partial charge in [-0.1, -0.05) is 18.4 Å². The van der Waals surface area contributed by atoms with Crippen molar-refractivity contribution in [3.8, 4) is 5.75 Å². The molecule has 2 N–H and O–H groups in total. The maximum absolute atomic E-state index is 11.8. The van der Waals surface area contributed by atoms with Crippen LogP contribution >= 0.6 is 0 Å². The second-order valence-electron chi connectivity index (χ2n) is 3.92. The number of aromatic nitrogens is 4. The molecule has 1 aromatic heterocycles. The van der Waals surface area contributed by atoms with Crippen molar-refractivity contribution in [1.82, 2.24) is 20.6 Å². The second kappa shape index (κ2) is 6.48. The summed E-state index contributed by atoms with van der Waals surface area (Å²) in [5.74, 6) is 0.611. The molecule has 0 aliphatic carbocycles. The highest BCUT2D eigenvalue weighted by Gasteiger charge is 2.08. The third kappa shape index (κ3) is 3.77. The lowest BCUT2D eigenvalue weighted by molar-refractivity contribution is 0.102. The summed E-state index contributed by atoms with van der Waals surface area (Å²) in [4.78, 5) is 11.8. The summed E-state index contributed by atoms with van der Waals surface area (Å²) in [5, 5.41) is 15.4. The Morgan fingerprint density at radius 1 is 1.37 bits per heavy atom. The Balaban J connectivity index is 1.92. The highest BCUT2D eigenvalue weighted by molar-refractivity contribution is 6.03. The average Bonchev–Trinajstić information content (AvgIpc) is 2.93. The highest BCUT2D eigenvalue weighted by Crippen LogP contribution is 2.13. The van der Waals surface area contributed by atoms with Crippen LogP contribution in [0.5, 0.6) is 5.75 Å². The molecule has 0 unspecified atom stereocenters. The molecule has 1 aromatic carbocycles. The third-order valence-electron chi connectivity index (χ3n) is 2.45. The maximum Gasteiger partial charge on any atom is 0.270 e. The number of hydrogen-bond acceptors (Lipinski definition) is 5. The van der Waals surface area contributed by atoms with Crippen molar-refractivity contribution in [2.75, 3.05) is 11.9 Å². The molecule has 0 aliphatic rings. The molecule has 7 nitrogen and oxygen atoms in total. The van der Waals surface area contributed by atoms with Crippen LogP contribution in [0.2, 0.25) is 0 Å². The first-order valence-electron chi connectivity index (χ1n) is 6.07. The van der Waals surface area contributed by atoms with Crippen molar-refractivity contribution in [2.45, 2.75) is 19.8 Å². The molecule has 1 heterocycles. The van der Waals surface area contributed by atoms with Crippen LogP contribution in [0.25, 0.3) is 0 Å². The van der Waals surface area contributed by atoms with E-state index in [0.717, 1.165) is 18.6 Å².